The van der Waals surface area contributed by atoms with Crippen LogP contribution in [0.15, 0.2) is 45.5 Å². The summed E-state index contributed by atoms with van der Waals surface area (Å²) in [6.45, 7) is 0.726. The lowest BCUT2D eigenvalue weighted by Gasteiger charge is -2.33. The highest BCUT2D eigenvalue weighted by Gasteiger charge is 2.28. The van der Waals surface area contributed by atoms with E-state index in [0.717, 1.165) is 31.2 Å². The molecule has 0 atom stereocenters. The summed E-state index contributed by atoms with van der Waals surface area (Å²) in [6.07, 6.45) is 7.55. The zero-order chi connectivity index (χ0) is 20.3. The first-order valence-corrected chi connectivity index (χ1v) is 10.3. The first-order valence-electron chi connectivity index (χ1n) is 10.3. The molecule has 1 fully saturated rings. The Hall–Kier alpha value is -3.29. The first-order chi connectivity index (χ1) is 14.8. The number of furan rings is 1. The fourth-order valence-electron chi connectivity index (χ4n) is 4.11. The number of fused-ring (bicyclic) bond motifs is 1. The van der Waals surface area contributed by atoms with Gasteiger partial charge in [0.15, 0.2) is 17.3 Å². The van der Waals surface area contributed by atoms with Crippen molar-refractivity contribution in [3.63, 3.8) is 0 Å². The number of benzene rings is 1. The molecule has 1 aliphatic heterocycles. The van der Waals surface area contributed by atoms with E-state index in [1.807, 2.05) is 23.1 Å². The Kier molecular flexibility index (Phi) is 5.13. The second kappa shape index (κ2) is 8.22. The normalized spacial score (nSPS) is 16.0. The molecule has 3 aromatic rings. The maximum absolute atomic E-state index is 13.0. The first kappa shape index (κ1) is 18.7. The minimum absolute atomic E-state index is 0.0811. The second-order valence-electron chi connectivity index (χ2n) is 7.60. The molecule has 0 saturated heterocycles. The van der Waals surface area contributed by atoms with Crippen molar-refractivity contribution in [1.82, 2.24) is 15.0 Å². The molecule has 0 bridgehead atoms. The van der Waals surface area contributed by atoms with Crippen molar-refractivity contribution in [2.24, 2.45) is 0 Å². The van der Waals surface area contributed by atoms with E-state index in [4.69, 9.17) is 18.4 Å². The number of amides is 1. The number of hydrogen-bond donors (Lipinski definition) is 0. The molecular weight excluding hydrogens is 386 g/mol. The van der Waals surface area contributed by atoms with Crippen LogP contribution in [-0.4, -0.2) is 40.3 Å². The lowest BCUT2D eigenvalue weighted by Crippen LogP contribution is -2.42. The number of ether oxygens (including phenoxy) is 2. The van der Waals surface area contributed by atoms with E-state index in [1.165, 1.54) is 12.7 Å². The number of carbonyl (C=O) groups is 1. The molecule has 30 heavy (non-hydrogen) atoms. The van der Waals surface area contributed by atoms with E-state index in [2.05, 4.69) is 10.1 Å². The lowest BCUT2D eigenvalue weighted by molar-refractivity contribution is 0.0599. The van der Waals surface area contributed by atoms with Gasteiger partial charge in [-0.25, -0.2) is 0 Å². The number of nitrogens with zero attached hydrogens (tertiary/aromatic N) is 3. The molecule has 1 saturated carbocycles. The molecule has 0 spiro atoms. The molecule has 2 aromatic heterocycles. The molecular formula is C22H23N3O5. The minimum Gasteiger partial charge on any atom is -0.459 e. The van der Waals surface area contributed by atoms with Gasteiger partial charge < -0.3 is 23.3 Å². The highest BCUT2D eigenvalue weighted by atomic mass is 16.7. The Bertz CT molecular complexity index is 1010. The minimum atomic E-state index is -0.0811. The Morgan fingerprint density at radius 2 is 1.97 bits per heavy atom. The number of rotatable bonds is 6. The summed E-state index contributed by atoms with van der Waals surface area (Å²) >= 11 is 0. The van der Waals surface area contributed by atoms with Crippen LogP contribution < -0.4 is 9.47 Å². The third-order valence-electron chi connectivity index (χ3n) is 5.67. The van der Waals surface area contributed by atoms with E-state index >= 15 is 0 Å². The predicted octanol–water partition coefficient (Wildman–Crippen LogP) is 4.08. The topological polar surface area (TPSA) is 90.8 Å². The SMILES string of the molecule is O=C(c1ccco1)N(CCc1nc(-c2ccc3c(c2)OCO3)no1)C1CCCCC1. The van der Waals surface area contributed by atoms with Crippen molar-refractivity contribution in [1.29, 1.82) is 0 Å². The van der Waals surface area contributed by atoms with Crippen LogP contribution in [0.25, 0.3) is 11.4 Å². The Balaban J connectivity index is 1.30. The molecule has 3 heterocycles. The van der Waals surface area contributed by atoms with E-state index < -0.39 is 0 Å². The van der Waals surface area contributed by atoms with Crippen molar-refractivity contribution in [2.75, 3.05) is 13.3 Å². The fourth-order valence-corrected chi connectivity index (χ4v) is 4.11. The van der Waals surface area contributed by atoms with Crippen LogP contribution >= 0.6 is 0 Å². The van der Waals surface area contributed by atoms with Crippen LogP contribution in [-0.2, 0) is 6.42 Å². The summed E-state index contributed by atoms with van der Waals surface area (Å²) in [7, 11) is 0. The average Bonchev–Trinajstić information content (AvgIpc) is 3.55. The van der Waals surface area contributed by atoms with Gasteiger partial charge in [-0.1, -0.05) is 24.4 Å². The Labute approximate surface area is 173 Å². The molecule has 5 rings (SSSR count). The van der Waals surface area contributed by atoms with Crippen molar-refractivity contribution in [3.05, 3.63) is 48.2 Å². The molecule has 0 radical (unpaired) electrons. The van der Waals surface area contributed by atoms with Crippen LogP contribution in [0, 0.1) is 0 Å². The lowest BCUT2D eigenvalue weighted by atomic mass is 9.94. The monoisotopic (exact) mass is 409 g/mol. The molecule has 8 heteroatoms. The molecule has 1 aliphatic carbocycles. The van der Waals surface area contributed by atoms with Gasteiger partial charge in [-0.3, -0.25) is 4.79 Å². The summed E-state index contributed by atoms with van der Waals surface area (Å²) in [5.74, 6) is 2.66. The van der Waals surface area contributed by atoms with Crippen molar-refractivity contribution >= 4 is 5.91 Å². The van der Waals surface area contributed by atoms with Crippen LogP contribution in [0.1, 0.15) is 48.5 Å². The zero-order valence-corrected chi connectivity index (χ0v) is 16.6. The Morgan fingerprint density at radius 1 is 1.10 bits per heavy atom. The fraction of sp³-hybridized carbons (Fsp3) is 0.409. The van der Waals surface area contributed by atoms with Gasteiger partial charge in [-0.05, 0) is 43.2 Å². The molecule has 0 N–H and O–H groups in total. The highest BCUT2D eigenvalue weighted by Crippen LogP contribution is 2.35. The summed E-state index contributed by atoms with van der Waals surface area (Å²) in [4.78, 5) is 19.4. The summed E-state index contributed by atoms with van der Waals surface area (Å²) < 4.78 is 21.6. The maximum atomic E-state index is 13.0. The van der Waals surface area contributed by atoms with Gasteiger partial charge in [-0.15, -0.1) is 0 Å². The maximum Gasteiger partial charge on any atom is 0.289 e. The largest absolute Gasteiger partial charge is 0.459 e. The number of aromatic nitrogens is 2. The van der Waals surface area contributed by atoms with Crippen LogP contribution in [0.2, 0.25) is 0 Å². The standard InChI is InChI=1S/C22H23N3O5/c26-22(18-7-4-12-27-18)25(16-5-2-1-3-6-16)11-10-20-23-21(24-30-20)15-8-9-17-19(13-15)29-14-28-17/h4,7-9,12-13,16H,1-3,5-6,10-11,14H2. The quantitative estimate of drug-likeness (QED) is 0.606. The number of hydrogen-bond acceptors (Lipinski definition) is 7. The van der Waals surface area contributed by atoms with E-state index in [0.29, 0.717) is 41.9 Å². The number of carbonyl (C=O) groups excluding carboxylic acids is 1. The molecule has 0 unspecified atom stereocenters. The summed E-state index contributed by atoms with van der Waals surface area (Å²) in [6, 6.07) is 9.21. The van der Waals surface area contributed by atoms with Crippen LogP contribution in [0.3, 0.4) is 0 Å². The average molecular weight is 409 g/mol. The Morgan fingerprint density at radius 3 is 2.80 bits per heavy atom. The molecule has 156 valence electrons. The third-order valence-corrected chi connectivity index (χ3v) is 5.67. The van der Waals surface area contributed by atoms with Gasteiger partial charge >= 0.3 is 0 Å². The smallest absolute Gasteiger partial charge is 0.289 e. The van der Waals surface area contributed by atoms with Crippen LogP contribution in [0.5, 0.6) is 11.5 Å². The molecule has 1 amide bonds. The van der Waals surface area contributed by atoms with Crippen LogP contribution in [0.4, 0.5) is 0 Å². The molecule has 1 aromatic carbocycles. The van der Waals surface area contributed by atoms with Gasteiger partial charge in [0.1, 0.15) is 0 Å². The van der Waals surface area contributed by atoms with Crippen molar-refractivity contribution in [3.8, 4) is 22.9 Å². The van der Waals surface area contributed by atoms with Crippen molar-refractivity contribution in [2.45, 2.75) is 44.6 Å². The zero-order valence-electron chi connectivity index (χ0n) is 16.6. The molecule has 2 aliphatic rings. The molecule has 8 nitrogen and oxygen atoms in total. The summed E-state index contributed by atoms with van der Waals surface area (Å²) in [5.41, 5.74) is 0.796. The van der Waals surface area contributed by atoms with Gasteiger partial charge in [0.05, 0.1) is 6.26 Å². The highest BCUT2D eigenvalue weighted by molar-refractivity contribution is 5.91. The van der Waals surface area contributed by atoms with Gasteiger partial charge in [-0.2, -0.15) is 4.98 Å². The summed E-state index contributed by atoms with van der Waals surface area (Å²) in [5, 5.41) is 4.09. The second-order valence-corrected chi connectivity index (χ2v) is 7.60. The third kappa shape index (κ3) is 3.77. The van der Waals surface area contributed by atoms with E-state index in [9.17, 15) is 4.79 Å². The van der Waals surface area contributed by atoms with Gasteiger partial charge in [0.2, 0.25) is 18.5 Å². The van der Waals surface area contributed by atoms with E-state index in [-0.39, 0.29) is 18.7 Å². The predicted molar refractivity (Wildman–Crippen MR) is 106 cm³/mol. The van der Waals surface area contributed by atoms with E-state index in [1.54, 1.807) is 12.1 Å². The van der Waals surface area contributed by atoms with Crippen molar-refractivity contribution < 1.29 is 23.2 Å². The van der Waals surface area contributed by atoms with Gasteiger partial charge in [0.25, 0.3) is 5.91 Å². The van der Waals surface area contributed by atoms with Gasteiger partial charge in [0, 0.05) is 24.6 Å².